The molecule has 2 rings (SSSR count). The number of rotatable bonds is 1. The number of hydrogen-bond acceptors (Lipinski definition) is 1. The van der Waals surface area contributed by atoms with Crippen molar-refractivity contribution < 1.29 is 4.39 Å². The molecule has 0 radical (unpaired) electrons. The van der Waals surface area contributed by atoms with Gasteiger partial charge in [-0.3, -0.25) is 0 Å². The normalized spacial score (nSPS) is 18.1. The highest BCUT2D eigenvalue weighted by Gasteiger charge is 2.22. The third kappa shape index (κ3) is 2.35. The summed E-state index contributed by atoms with van der Waals surface area (Å²) >= 11 is 9.35. The minimum Gasteiger partial charge on any atom is -0.317 e. The average molecular weight is 293 g/mol. The van der Waals surface area contributed by atoms with Crippen LogP contribution >= 0.6 is 27.5 Å². The summed E-state index contributed by atoms with van der Waals surface area (Å²) in [5.41, 5.74) is 0.740. The number of piperidine rings is 1. The van der Waals surface area contributed by atoms with Crippen molar-refractivity contribution >= 4 is 27.5 Å². The van der Waals surface area contributed by atoms with Gasteiger partial charge in [-0.1, -0.05) is 11.6 Å². The van der Waals surface area contributed by atoms with Crippen molar-refractivity contribution in [1.29, 1.82) is 0 Å². The van der Waals surface area contributed by atoms with Crippen LogP contribution in [0, 0.1) is 5.82 Å². The molecule has 1 fully saturated rings. The average Bonchev–Trinajstić information content (AvgIpc) is 2.26. The van der Waals surface area contributed by atoms with Gasteiger partial charge in [0.15, 0.2) is 0 Å². The van der Waals surface area contributed by atoms with E-state index in [0.29, 0.717) is 5.02 Å². The molecule has 1 nitrogen and oxygen atoms in total. The molecule has 1 aliphatic heterocycles. The molecule has 4 heteroatoms. The molecule has 1 heterocycles. The zero-order valence-corrected chi connectivity index (χ0v) is 10.5. The first-order valence-electron chi connectivity index (χ1n) is 5.04. The van der Waals surface area contributed by atoms with E-state index in [2.05, 4.69) is 21.2 Å². The quantitative estimate of drug-likeness (QED) is 0.778. The van der Waals surface area contributed by atoms with Crippen LogP contribution in [0.5, 0.6) is 0 Å². The summed E-state index contributed by atoms with van der Waals surface area (Å²) in [5, 5.41) is 3.86. The van der Waals surface area contributed by atoms with E-state index in [9.17, 15) is 4.39 Å². The molecule has 0 atom stereocenters. The molecule has 15 heavy (non-hydrogen) atoms. The van der Waals surface area contributed by atoms with Crippen LogP contribution in [0.1, 0.15) is 24.3 Å². The number of benzene rings is 1. The van der Waals surface area contributed by atoms with Gasteiger partial charge in [0.05, 0.1) is 5.02 Å². The van der Waals surface area contributed by atoms with Crippen LogP contribution in [0.2, 0.25) is 5.02 Å². The third-order valence-electron chi connectivity index (χ3n) is 2.83. The van der Waals surface area contributed by atoms with E-state index in [-0.39, 0.29) is 11.7 Å². The summed E-state index contributed by atoms with van der Waals surface area (Å²) in [6, 6.07) is 3.04. The summed E-state index contributed by atoms with van der Waals surface area (Å²) in [7, 11) is 0. The van der Waals surface area contributed by atoms with Gasteiger partial charge in [-0.25, -0.2) is 4.39 Å². The molecule has 1 aliphatic rings. The maximum absolute atomic E-state index is 13.7. The van der Waals surface area contributed by atoms with Gasteiger partial charge >= 0.3 is 0 Å². The Bertz CT molecular complexity index is 364. The molecule has 1 saturated heterocycles. The largest absolute Gasteiger partial charge is 0.317 e. The topological polar surface area (TPSA) is 12.0 Å². The Hall–Kier alpha value is -0.120. The van der Waals surface area contributed by atoms with Crippen LogP contribution in [0.4, 0.5) is 4.39 Å². The van der Waals surface area contributed by atoms with E-state index in [1.165, 1.54) is 6.07 Å². The van der Waals surface area contributed by atoms with Crippen LogP contribution in [-0.2, 0) is 0 Å². The predicted molar refractivity (Wildman–Crippen MR) is 64.0 cm³/mol. The Morgan fingerprint density at radius 1 is 1.33 bits per heavy atom. The lowest BCUT2D eigenvalue weighted by Gasteiger charge is -2.24. The van der Waals surface area contributed by atoms with Crippen molar-refractivity contribution in [2.24, 2.45) is 0 Å². The lowest BCUT2D eigenvalue weighted by Crippen LogP contribution is -2.27. The van der Waals surface area contributed by atoms with Crippen molar-refractivity contribution in [3.05, 3.63) is 33.0 Å². The summed E-state index contributed by atoms with van der Waals surface area (Å²) in [6.07, 6.45) is 1.94. The Morgan fingerprint density at radius 2 is 2.00 bits per heavy atom. The predicted octanol–water partition coefficient (Wildman–Crippen LogP) is 3.71. The van der Waals surface area contributed by atoms with Crippen molar-refractivity contribution in [1.82, 2.24) is 5.32 Å². The fourth-order valence-electron chi connectivity index (χ4n) is 2.03. The monoisotopic (exact) mass is 291 g/mol. The molecule has 0 amide bonds. The SMILES string of the molecule is Fc1ccc(Cl)c(Br)c1C1CCNCC1. The van der Waals surface area contributed by atoms with Gasteiger partial charge in [0.1, 0.15) is 5.82 Å². The van der Waals surface area contributed by atoms with Gasteiger partial charge in [0, 0.05) is 10.0 Å². The molecule has 0 saturated carbocycles. The van der Waals surface area contributed by atoms with Crippen LogP contribution in [0.15, 0.2) is 16.6 Å². The third-order valence-corrected chi connectivity index (χ3v) is 4.22. The fourth-order valence-corrected chi connectivity index (χ4v) is 2.84. The summed E-state index contributed by atoms with van der Waals surface area (Å²) < 4.78 is 14.4. The van der Waals surface area contributed by atoms with E-state index in [1.54, 1.807) is 6.07 Å². The summed E-state index contributed by atoms with van der Waals surface area (Å²) in [6.45, 7) is 1.89. The highest BCUT2D eigenvalue weighted by molar-refractivity contribution is 9.10. The number of halogens is 3. The Kier molecular flexibility index (Phi) is 3.65. The van der Waals surface area contributed by atoms with E-state index in [1.807, 2.05) is 0 Å². The molecule has 1 aromatic carbocycles. The minimum absolute atomic E-state index is 0.154. The zero-order chi connectivity index (χ0) is 10.8. The molecule has 1 aromatic rings. The van der Waals surface area contributed by atoms with Crippen molar-refractivity contribution in [2.75, 3.05) is 13.1 Å². The summed E-state index contributed by atoms with van der Waals surface area (Å²) in [4.78, 5) is 0. The van der Waals surface area contributed by atoms with E-state index < -0.39 is 0 Å². The lowest BCUT2D eigenvalue weighted by molar-refractivity contribution is 0.444. The van der Waals surface area contributed by atoms with E-state index in [4.69, 9.17) is 11.6 Å². The Morgan fingerprint density at radius 3 is 2.67 bits per heavy atom. The van der Waals surface area contributed by atoms with Crippen LogP contribution in [0.3, 0.4) is 0 Å². The molecule has 82 valence electrons. The molecular weight excluding hydrogens is 280 g/mol. The van der Waals surface area contributed by atoms with Gasteiger partial charge < -0.3 is 5.32 Å². The van der Waals surface area contributed by atoms with Gasteiger partial charge in [0.25, 0.3) is 0 Å². The fraction of sp³-hybridized carbons (Fsp3) is 0.455. The standard InChI is InChI=1S/C11H12BrClFN/c12-11-8(13)1-2-9(14)10(11)7-3-5-15-6-4-7/h1-2,7,15H,3-6H2. The molecule has 0 aliphatic carbocycles. The Labute approximate surface area is 102 Å². The van der Waals surface area contributed by atoms with E-state index in [0.717, 1.165) is 36.0 Å². The van der Waals surface area contributed by atoms with Gasteiger partial charge in [-0.2, -0.15) is 0 Å². The molecule has 0 bridgehead atoms. The molecule has 0 spiro atoms. The second-order valence-corrected chi connectivity index (χ2v) is 4.98. The van der Waals surface area contributed by atoms with Gasteiger partial charge in [-0.15, -0.1) is 0 Å². The highest BCUT2D eigenvalue weighted by Crippen LogP contribution is 2.37. The minimum atomic E-state index is -0.154. The zero-order valence-electron chi connectivity index (χ0n) is 8.19. The first kappa shape index (κ1) is 11.4. The second kappa shape index (κ2) is 4.81. The molecule has 0 aromatic heterocycles. The lowest BCUT2D eigenvalue weighted by atomic mass is 9.90. The van der Waals surface area contributed by atoms with Gasteiger partial charge in [0.2, 0.25) is 0 Å². The van der Waals surface area contributed by atoms with E-state index >= 15 is 0 Å². The van der Waals surface area contributed by atoms with Gasteiger partial charge in [-0.05, 0) is 59.9 Å². The van der Waals surface area contributed by atoms with Crippen LogP contribution in [0.25, 0.3) is 0 Å². The first-order valence-corrected chi connectivity index (χ1v) is 6.21. The van der Waals surface area contributed by atoms with Crippen molar-refractivity contribution in [2.45, 2.75) is 18.8 Å². The molecule has 0 unspecified atom stereocenters. The maximum Gasteiger partial charge on any atom is 0.127 e. The number of nitrogens with one attached hydrogen (secondary N) is 1. The van der Waals surface area contributed by atoms with Crippen LogP contribution < -0.4 is 5.32 Å². The highest BCUT2D eigenvalue weighted by atomic mass is 79.9. The first-order chi connectivity index (χ1) is 7.20. The second-order valence-electron chi connectivity index (χ2n) is 3.78. The maximum atomic E-state index is 13.7. The number of hydrogen-bond donors (Lipinski definition) is 1. The summed E-state index contributed by atoms with van der Waals surface area (Å²) in [5.74, 6) is 0.123. The smallest absolute Gasteiger partial charge is 0.127 e. The molecule has 1 N–H and O–H groups in total. The van der Waals surface area contributed by atoms with Crippen molar-refractivity contribution in [3.8, 4) is 0 Å². The molecular formula is C11H12BrClFN. The Balaban J connectivity index is 2.36. The van der Waals surface area contributed by atoms with Crippen molar-refractivity contribution in [3.63, 3.8) is 0 Å². The van der Waals surface area contributed by atoms with Crippen LogP contribution in [-0.4, -0.2) is 13.1 Å².